The molecule has 0 aromatic heterocycles. The fourth-order valence-corrected chi connectivity index (χ4v) is 1.82. The van der Waals surface area contributed by atoms with Gasteiger partial charge in [0.05, 0.1) is 19.3 Å². The molecule has 0 aliphatic heterocycles. The number of hydrogen-bond acceptors (Lipinski definition) is 3. The number of methoxy groups -OCH3 is 1. The summed E-state index contributed by atoms with van der Waals surface area (Å²) >= 11 is 0. The van der Waals surface area contributed by atoms with E-state index in [9.17, 15) is 9.18 Å². The minimum absolute atomic E-state index is 0.113. The Morgan fingerprint density at radius 3 is 2.54 bits per heavy atom. The molecular weight excluding hydrogens is 311 g/mol. The lowest BCUT2D eigenvalue weighted by Crippen LogP contribution is -2.29. The van der Waals surface area contributed by atoms with E-state index in [1.54, 1.807) is 31.4 Å². The third kappa shape index (κ3) is 5.21. The number of carbonyl (C=O) groups excluding carboxylic acids is 1. The number of hydrogen-bond donors (Lipinski definition) is 2. The molecule has 2 amide bonds. The van der Waals surface area contributed by atoms with Crippen molar-refractivity contribution in [3.05, 3.63) is 54.3 Å². The Morgan fingerprint density at radius 2 is 1.79 bits per heavy atom. The van der Waals surface area contributed by atoms with E-state index in [0.717, 1.165) is 0 Å². The number of nitrogens with one attached hydrogen (secondary N) is 2. The van der Waals surface area contributed by atoms with E-state index in [1.165, 1.54) is 12.1 Å². The van der Waals surface area contributed by atoms with Gasteiger partial charge in [0.2, 0.25) is 0 Å². The second-order valence-corrected chi connectivity index (χ2v) is 4.58. The van der Waals surface area contributed by atoms with E-state index >= 15 is 0 Å². The summed E-state index contributed by atoms with van der Waals surface area (Å²) in [5.74, 6) is 6.24. The largest absolute Gasteiger partial charge is 0.493 e. The van der Waals surface area contributed by atoms with E-state index in [2.05, 4.69) is 22.5 Å². The Hall–Kier alpha value is -3.20. The highest BCUT2D eigenvalue weighted by Gasteiger charge is 2.04. The predicted molar refractivity (Wildman–Crippen MR) is 89.7 cm³/mol. The zero-order valence-corrected chi connectivity index (χ0v) is 13.1. The highest BCUT2D eigenvalue weighted by molar-refractivity contribution is 5.89. The summed E-state index contributed by atoms with van der Waals surface area (Å²) in [6, 6.07) is 12.6. The summed E-state index contributed by atoms with van der Waals surface area (Å²) < 4.78 is 24.0. The van der Waals surface area contributed by atoms with Crippen molar-refractivity contribution in [2.75, 3.05) is 25.6 Å². The van der Waals surface area contributed by atoms with Gasteiger partial charge in [-0.3, -0.25) is 0 Å². The van der Waals surface area contributed by atoms with E-state index in [0.29, 0.717) is 11.5 Å². The van der Waals surface area contributed by atoms with Gasteiger partial charge in [-0.25, -0.2) is 9.18 Å². The predicted octanol–water partition coefficient (Wildman–Crippen LogP) is 3.04. The fourth-order valence-electron chi connectivity index (χ4n) is 1.82. The number of carbonyl (C=O) groups is 1. The molecule has 0 fully saturated rings. The molecule has 2 N–H and O–H groups in total. The van der Waals surface area contributed by atoms with Gasteiger partial charge in [-0.05, 0) is 24.3 Å². The van der Waals surface area contributed by atoms with Crippen LogP contribution >= 0.6 is 0 Å². The average molecular weight is 328 g/mol. The van der Waals surface area contributed by atoms with Gasteiger partial charge < -0.3 is 20.1 Å². The summed E-state index contributed by atoms with van der Waals surface area (Å²) in [4.78, 5) is 11.6. The average Bonchev–Trinajstić information content (AvgIpc) is 2.60. The molecule has 2 rings (SSSR count). The Morgan fingerprint density at radius 1 is 1.08 bits per heavy atom. The highest BCUT2D eigenvalue weighted by atomic mass is 19.1. The molecule has 0 aliphatic carbocycles. The van der Waals surface area contributed by atoms with Crippen molar-refractivity contribution in [3.8, 4) is 23.3 Å². The molecular formula is C18H17FN2O3. The second kappa shape index (κ2) is 9.06. The van der Waals surface area contributed by atoms with Crippen molar-refractivity contribution in [1.82, 2.24) is 5.32 Å². The van der Waals surface area contributed by atoms with Crippen LogP contribution in [0.25, 0.3) is 0 Å². The molecule has 0 heterocycles. The summed E-state index contributed by atoms with van der Waals surface area (Å²) in [6.45, 7) is 0.284. The second-order valence-electron chi connectivity index (χ2n) is 4.58. The highest BCUT2D eigenvalue weighted by Crippen LogP contribution is 2.25. The van der Waals surface area contributed by atoms with Crippen LogP contribution in [0, 0.1) is 17.7 Å². The van der Waals surface area contributed by atoms with E-state index in [-0.39, 0.29) is 18.8 Å². The number of para-hydroxylation sites is 3. The SMILES string of the molecule is COc1ccccc1OCC#CCNC(=O)Nc1ccccc1F. The van der Waals surface area contributed by atoms with Crippen molar-refractivity contribution in [1.29, 1.82) is 0 Å². The normalized spacial score (nSPS) is 9.42. The molecule has 0 bridgehead atoms. The van der Waals surface area contributed by atoms with Crippen molar-refractivity contribution >= 4 is 11.7 Å². The quantitative estimate of drug-likeness (QED) is 0.830. The fraction of sp³-hybridized carbons (Fsp3) is 0.167. The lowest BCUT2D eigenvalue weighted by molar-refractivity contribution is 0.253. The molecule has 0 atom stereocenters. The minimum Gasteiger partial charge on any atom is -0.493 e. The topological polar surface area (TPSA) is 59.6 Å². The van der Waals surface area contributed by atoms with Crippen molar-refractivity contribution in [2.45, 2.75) is 0 Å². The Bertz CT molecular complexity index is 753. The maximum absolute atomic E-state index is 13.4. The molecule has 24 heavy (non-hydrogen) atoms. The standard InChI is InChI=1S/C18H17FN2O3/c1-23-16-10-4-5-11-17(16)24-13-7-6-12-20-18(22)21-15-9-3-2-8-14(15)19/h2-5,8-11H,12-13H2,1H3,(H2,20,21,22). The van der Waals surface area contributed by atoms with Gasteiger partial charge in [0.1, 0.15) is 12.4 Å². The maximum Gasteiger partial charge on any atom is 0.320 e. The smallest absolute Gasteiger partial charge is 0.320 e. The van der Waals surface area contributed by atoms with Crippen molar-refractivity contribution in [2.24, 2.45) is 0 Å². The Balaban J connectivity index is 1.72. The molecule has 0 saturated heterocycles. The number of rotatable bonds is 5. The lowest BCUT2D eigenvalue weighted by atomic mass is 10.3. The lowest BCUT2D eigenvalue weighted by Gasteiger charge is -2.07. The van der Waals surface area contributed by atoms with E-state index in [1.807, 2.05) is 12.1 Å². The molecule has 2 aromatic rings. The number of halogens is 1. The van der Waals surface area contributed by atoms with Gasteiger partial charge in [0, 0.05) is 0 Å². The number of urea groups is 1. The molecule has 5 nitrogen and oxygen atoms in total. The Kier molecular flexibility index (Phi) is 6.47. The van der Waals surface area contributed by atoms with E-state index in [4.69, 9.17) is 9.47 Å². The van der Waals surface area contributed by atoms with Crippen LogP contribution in [0.15, 0.2) is 48.5 Å². The number of benzene rings is 2. The minimum atomic E-state index is -0.528. The number of anilines is 1. The van der Waals surface area contributed by atoms with Crippen LogP contribution in [-0.4, -0.2) is 26.3 Å². The number of amides is 2. The first-order chi connectivity index (χ1) is 11.7. The van der Waals surface area contributed by atoms with Gasteiger partial charge in [0.15, 0.2) is 11.5 Å². The zero-order chi connectivity index (χ0) is 17.2. The van der Waals surface area contributed by atoms with Crippen LogP contribution < -0.4 is 20.1 Å². The Labute approximate surface area is 139 Å². The zero-order valence-electron chi connectivity index (χ0n) is 13.1. The maximum atomic E-state index is 13.4. The van der Waals surface area contributed by atoms with Crippen LogP contribution in [0.5, 0.6) is 11.5 Å². The molecule has 0 unspecified atom stereocenters. The van der Waals surface area contributed by atoms with Gasteiger partial charge >= 0.3 is 6.03 Å². The number of ether oxygens (including phenoxy) is 2. The van der Waals surface area contributed by atoms with Gasteiger partial charge in [0.25, 0.3) is 0 Å². The van der Waals surface area contributed by atoms with Crippen LogP contribution in [0.3, 0.4) is 0 Å². The summed E-state index contributed by atoms with van der Waals surface area (Å²) in [5, 5.41) is 4.91. The van der Waals surface area contributed by atoms with Crippen LogP contribution in [-0.2, 0) is 0 Å². The first-order valence-electron chi connectivity index (χ1n) is 7.21. The summed E-state index contributed by atoms with van der Waals surface area (Å²) in [6.07, 6.45) is 0. The van der Waals surface area contributed by atoms with Crippen molar-refractivity contribution < 1.29 is 18.7 Å². The van der Waals surface area contributed by atoms with Crippen molar-refractivity contribution in [3.63, 3.8) is 0 Å². The van der Waals surface area contributed by atoms with Gasteiger partial charge in [-0.1, -0.05) is 36.1 Å². The first kappa shape index (κ1) is 17.2. The van der Waals surface area contributed by atoms with Crippen LogP contribution in [0.4, 0.5) is 14.9 Å². The molecule has 2 aromatic carbocycles. The summed E-state index contributed by atoms with van der Waals surface area (Å²) in [7, 11) is 1.56. The third-order valence-electron chi connectivity index (χ3n) is 2.95. The molecule has 124 valence electrons. The van der Waals surface area contributed by atoms with Gasteiger partial charge in [-0.2, -0.15) is 0 Å². The summed E-state index contributed by atoms with van der Waals surface area (Å²) in [5.41, 5.74) is 0.113. The van der Waals surface area contributed by atoms with Crippen LogP contribution in [0.1, 0.15) is 0 Å². The van der Waals surface area contributed by atoms with Crippen LogP contribution in [0.2, 0.25) is 0 Å². The molecule has 0 spiro atoms. The molecule has 0 saturated carbocycles. The monoisotopic (exact) mass is 328 g/mol. The molecule has 0 radical (unpaired) electrons. The molecule has 6 heteroatoms. The molecule has 0 aliphatic rings. The van der Waals surface area contributed by atoms with E-state index < -0.39 is 11.8 Å². The van der Waals surface area contributed by atoms with Gasteiger partial charge in [-0.15, -0.1) is 0 Å². The first-order valence-corrected chi connectivity index (χ1v) is 7.21. The third-order valence-corrected chi connectivity index (χ3v) is 2.95.